The summed E-state index contributed by atoms with van der Waals surface area (Å²) < 4.78 is 0. The van der Waals surface area contributed by atoms with E-state index in [0.29, 0.717) is 33.4 Å². The Morgan fingerprint density at radius 3 is 2.16 bits per heavy atom. The quantitative estimate of drug-likeness (QED) is 0.545. The molecule has 0 heterocycles. The van der Waals surface area contributed by atoms with Crippen molar-refractivity contribution >= 4 is 5.78 Å². The van der Waals surface area contributed by atoms with E-state index in [9.17, 15) is 4.79 Å². The molecule has 25 heavy (non-hydrogen) atoms. The van der Waals surface area contributed by atoms with Gasteiger partial charge in [0.15, 0.2) is 0 Å². The molecule has 4 aliphatic carbocycles. The molecule has 0 aromatic carbocycles. The smallest absolute Gasteiger partial charge is 0.133 e. The average molecular weight is 345 g/mol. The number of hydrogen-bond donors (Lipinski definition) is 0. The molecular weight excluding hydrogens is 304 g/mol. The van der Waals surface area contributed by atoms with Crippen LogP contribution in [0.1, 0.15) is 99.3 Å². The fourth-order valence-electron chi connectivity index (χ4n) is 8.49. The highest BCUT2D eigenvalue weighted by molar-refractivity contribution is 5.78. The van der Waals surface area contributed by atoms with Gasteiger partial charge in [-0.2, -0.15) is 0 Å². The van der Waals surface area contributed by atoms with Crippen LogP contribution in [0.25, 0.3) is 0 Å². The van der Waals surface area contributed by atoms with Gasteiger partial charge in [-0.3, -0.25) is 4.79 Å². The molecule has 0 radical (unpaired) electrons. The maximum atomic E-state index is 12.9. The van der Waals surface area contributed by atoms with Crippen LogP contribution in [0.5, 0.6) is 0 Å². The van der Waals surface area contributed by atoms with Crippen LogP contribution in [-0.4, -0.2) is 5.78 Å². The van der Waals surface area contributed by atoms with Crippen LogP contribution in [0.15, 0.2) is 0 Å². The van der Waals surface area contributed by atoms with Gasteiger partial charge < -0.3 is 0 Å². The molecule has 142 valence electrons. The van der Waals surface area contributed by atoms with E-state index < -0.39 is 0 Å². The number of fused-ring (bicyclic) bond motifs is 4. The van der Waals surface area contributed by atoms with Crippen LogP contribution in [0, 0.1) is 45.3 Å². The van der Waals surface area contributed by atoms with Crippen LogP contribution >= 0.6 is 0 Å². The fraction of sp³-hybridized carbons (Fsp3) is 0.958. The maximum Gasteiger partial charge on any atom is 0.133 e. The summed E-state index contributed by atoms with van der Waals surface area (Å²) in [5.41, 5.74) is 1.82. The van der Waals surface area contributed by atoms with Gasteiger partial charge in [-0.1, -0.05) is 41.5 Å². The zero-order chi connectivity index (χ0) is 18.3. The molecular formula is C24H40O. The lowest BCUT2D eigenvalue weighted by molar-refractivity contribution is -0.122. The van der Waals surface area contributed by atoms with Crippen LogP contribution in [0.2, 0.25) is 0 Å². The van der Waals surface area contributed by atoms with E-state index in [0.717, 1.165) is 37.0 Å². The molecule has 4 rings (SSSR count). The van der Waals surface area contributed by atoms with E-state index in [1.54, 1.807) is 0 Å². The number of carbonyl (C=O) groups excluding carboxylic acids is 1. The molecule has 4 bridgehead atoms. The first-order valence-corrected chi connectivity index (χ1v) is 11.0. The molecule has 6 atom stereocenters. The second-order valence-corrected chi connectivity index (χ2v) is 12.1. The van der Waals surface area contributed by atoms with Crippen LogP contribution in [0.3, 0.4) is 0 Å². The third kappa shape index (κ3) is 2.36. The Morgan fingerprint density at radius 1 is 0.960 bits per heavy atom. The van der Waals surface area contributed by atoms with Crippen molar-refractivity contribution in [2.45, 2.75) is 99.3 Å². The average Bonchev–Trinajstić information content (AvgIpc) is 3.11. The highest BCUT2D eigenvalue weighted by Crippen LogP contribution is 2.69. The minimum atomic E-state index is 0.408. The SMILES string of the molecule is CC12CCC(C1)C(C)(C)C2CCC(=O)CC1CC2CCC1(C)C2(C)C. The van der Waals surface area contributed by atoms with Gasteiger partial charge in [-0.15, -0.1) is 0 Å². The monoisotopic (exact) mass is 344 g/mol. The zero-order valence-corrected chi connectivity index (χ0v) is 17.6. The largest absolute Gasteiger partial charge is 0.300 e. The van der Waals surface area contributed by atoms with Gasteiger partial charge in [0.05, 0.1) is 0 Å². The summed E-state index contributed by atoms with van der Waals surface area (Å²) in [5.74, 6) is 3.74. The lowest BCUT2D eigenvalue weighted by Crippen LogP contribution is -2.36. The Labute approximate surface area is 155 Å². The summed E-state index contributed by atoms with van der Waals surface area (Å²) in [6, 6.07) is 0. The summed E-state index contributed by atoms with van der Waals surface area (Å²) >= 11 is 0. The van der Waals surface area contributed by atoms with Crippen LogP contribution in [0.4, 0.5) is 0 Å². The lowest BCUT2D eigenvalue weighted by atomic mass is 9.62. The summed E-state index contributed by atoms with van der Waals surface area (Å²) in [4.78, 5) is 12.9. The van der Waals surface area contributed by atoms with Crippen molar-refractivity contribution in [1.29, 1.82) is 0 Å². The van der Waals surface area contributed by atoms with E-state index in [-0.39, 0.29) is 0 Å². The van der Waals surface area contributed by atoms with E-state index in [2.05, 4.69) is 41.5 Å². The third-order valence-corrected chi connectivity index (χ3v) is 10.7. The standard InChI is InChI=1S/C24H40O/c1-21(2)17-9-11-23(5,15-17)20(21)8-7-19(25)14-18-13-16-10-12-24(18,6)22(16,3)4/h16-18,20H,7-15H2,1-6H3. The number of hydrogen-bond acceptors (Lipinski definition) is 1. The van der Waals surface area contributed by atoms with E-state index in [1.165, 1.54) is 38.5 Å². The Morgan fingerprint density at radius 2 is 1.64 bits per heavy atom. The minimum absolute atomic E-state index is 0.408. The van der Waals surface area contributed by atoms with Crippen LogP contribution < -0.4 is 0 Å². The van der Waals surface area contributed by atoms with Crippen LogP contribution in [-0.2, 0) is 4.79 Å². The normalized spacial score (nSPS) is 49.0. The lowest BCUT2D eigenvalue weighted by Gasteiger charge is -2.43. The molecule has 0 aromatic rings. The molecule has 0 saturated heterocycles. The van der Waals surface area contributed by atoms with Gasteiger partial charge >= 0.3 is 0 Å². The summed E-state index contributed by atoms with van der Waals surface area (Å²) in [6.45, 7) is 14.9. The third-order valence-electron chi connectivity index (χ3n) is 10.7. The molecule has 0 spiro atoms. The van der Waals surface area contributed by atoms with E-state index >= 15 is 0 Å². The maximum absolute atomic E-state index is 12.9. The van der Waals surface area contributed by atoms with Gasteiger partial charge in [-0.05, 0) is 90.3 Å². The highest BCUT2D eigenvalue weighted by Gasteiger charge is 2.61. The van der Waals surface area contributed by atoms with Gasteiger partial charge in [0.1, 0.15) is 5.78 Å². The predicted molar refractivity (Wildman–Crippen MR) is 104 cm³/mol. The number of carbonyl (C=O) groups is 1. The van der Waals surface area contributed by atoms with Crippen molar-refractivity contribution in [2.75, 3.05) is 0 Å². The number of rotatable bonds is 5. The second-order valence-electron chi connectivity index (χ2n) is 12.1. The van der Waals surface area contributed by atoms with E-state index in [4.69, 9.17) is 0 Å². The summed E-state index contributed by atoms with van der Waals surface area (Å²) in [6.07, 6.45) is 11.1. The molecule has 6 unspecified atom stereocenters. The molecule has 4 fully saturated rings. The Balaban J connectivity index is 1.37. The van der Waals surface area contributed by atoms with Crippen molar-refractivity contribution in [3.63, 3.8) is 0 Å². The minimum Gasteiger partial charge on any atom is -0.300 e. The molecule has 4 saturated carbocycles. The molecule has 4 aliphatic rings. The first kappa shape index (κ1) is 18.1. The second kappa shape index (κ2) is 5.35. The van der Waals surface area contributed by atoms with Gasteiger partial charge in [0, 0.05) is 12.8 Å². The Bertz CT molecular complexity index is 568. The Kier molecular flexibility index (Phi) is 3.87. The van der Waals surface area contributed by atoms with Crippen molar-refractivity contribution in [3.05, 3.63) is 0 Å². The van der Waals surface area contributed by atoms with Crippen molar-refractivity contribution in [1.82, 2.24) is 0 Å². The van der Waals surface area contributed by atoms with Gasteiger partial charge in [0.2, 0.25) is 0 Å². The topological polar surface area (TPSA) is 17.1 Å². The molecule has 1 heteroatoms. The van der Waals surface area contributed by atoms with Crippen molar-refractivity contribution < 1.29 is 4.79 Å². The molecule has 0 aliphatic heterocycles. The zero-order valence-electron chi connectivity index (χ0n) is 17.6. The first-order valence-electron chi connectivity index (χ1n) is 11.0. The molecule has 0 N–H and O–H groups in total. The Hall–Kier alpha value is -0.330. The van der Waals surface area contributed by atoms with Gasteiger partial charge in [-0.25, -0.2) is 0 Å². The van der Waals surface area contributed by atoms with Gasteiger partial charge in [0.25, 0.3) is 0 Å². The van der Waals surface area contributed by atoms with Crippen molar-refractivity contribution in [2.24, 2.45) is 45.3 Å². The summed E-state index contributed by atoms with van der Waals surface area (Å²) in [7, 11) is 0. The highest BCUT2D eigenvalue weighted by atomic mass is 16.1. The number of Topliss-reactive ketones (excluding diaryl/α,β-unsaturated/α-hetero) is 1. The predicted octanol–water partition coefficient (Wildman–Crippen LogP) is 6.65. The number of ketones is 1. The molecule has 0 aromatic heterocycles. The van der Waals surface area contributed by atoms with E-state index in [1.807, 2.05) is 0 Å². The first-order chi connectivity index (χ1) is 11.5. The fourth-order valence-corrected chi connectivity index (χ4v) is 8.49. The summed E-state index contributed by atoms with van der Waals surface area (Å²) in [5, 5.41) is 0. The molecule has 1 nitrogen and oxygen atoms in total. The van der Waals surface area contributed by atoms with Crippen molar-refractivity contribution in [3.8, 4) is 0 Å². The molecule has 0 amide bonds.